The topological polar surface area (TPSA) is 38.8 Å². The lowest BCUT2D eigenvalue weighted by Crippen LogP contribution is -2.64. The molecule has 9 unspecified atom stereocenters. The second-order valence-corrected chi connectivity index (χ2v) is 15.7. The number of benzene rings is 1. The van der Waals surface area contributed by atoms with Crippen LogP contribution >= 0.6 is 0 Å². The summed E-state index contributed by atoms with van der Waals surface area (Å²) in [5, 5.41) is 0. The van der Waals surface area contributed by atoms with Crippen molar-refractivity contribution in [2.45, 2.75) is 131 Å². The summed E-state index contributed by atoms with van der Waals surface area (Å²) in [6, 6.07) is 10.2. The maximum atomic E-state index is 13.8. The average Bonchev–Trinajstić information content (AvgIpc) is 3.70. The molecular formula is C37H56O3. The molecule has 7 rings (SSSR count). The van der Waals surface area contributed by atoms with Crippen LogP contribution in [0.3, 0.4) is 0 Å². The van der Waals surface area contributed by atoms with Gasteiger partial charge in [0.2, 0.25) is 0 Å². The van der Waals surface area contributed by atoms with Crippen molar-refractivity contribution in [3.05, 3.63) is 35.9 Å². The van der Waals surface area contributed by atoms with Crippen molar-refractivity contribution in [3.63, 3.8) is 0 Å². The Morgan fingerprint density at radius 3 is 2.30 bits per heavy atom. The minimum atomic E-state index is -0.220. The van der Waals surface area contributed by atoms with Gasteiger partial charge in [-0.1, -0.05) is 84.2 Å². The quantitative estimate of drug-likeness (QED) is 0.278. The highest BCUT2D eigenvalue weighted by Crippen LogP contribution is 2.76. The van der Waals surface area contributed by atoms with Gasteiger partial charge in [0.05, 0.1) is 18.1 Å². The Balaban J connectivity index is 0.000000523. The predicted molar refractivity (Wildman–Crippen MR) is 162 cm³/mol. The summed E-state index contributed by atoms with van der Waals surface area (Å²) in [4.78, 5) is 13.8. The fourth-order valence-electron chi connectivity index (χ4n) is 11.8. The van der Waals surface area contributed by atoms with E-state index in [1.54, 1.807) is 0 Å². The molecular weight excluding hydrogens is 492 g/mol. The Morgan fingerprint density at radius 1 is 0.850 bits per heavy atom. The molecule has 0 amide bonds. The number of ether oxygens (including phenoxy) is 2. The van der Waals surface area contributed by atoms with Gasteiger partial charge in [-0.3, -0.25) is 4.79 Å². The van der Waals surface area contributed by atoms with Crippen molar-refractivity contribution in [1.29, 1.82) is 0 Å². The van der Waals surface area contributed by atoms with Crippen molar-refractivity contribution in [2.75, 3.05) is 6.61 Å². The Morgan fingerprint density at radius 2 is 1.60 bits per heavy atom. The maximum Gasteiger partial charge on any atom is 0.312 e. The highest BCUT2D eigenvalue weighted by molar-refractivity contribution is 5.78. The number of hydrogen-bond acceptors (Lipinski definition) is 3. The van der Waals surface area contributed by atoms with Crippen molar-refractivity contribution >= 4 is 5.97 Å². The van der Waals surface area contributed by atoms with Gasteiger partial charge in [0.25, 0.3) is 0 Å². The predicted octanol–water partition coefficient (Wildman–Crippen LogP) is 9.38. The van der Waals surface area contributed by atoms with Gasteiger partial charge >= 0.3 is 5.97 Å². The molecule has 0 aromatic heterocycles. The van der Waals surface area contributed by atoms with Gasteiger partial charge in [-0.2, -0.15) is 0 Å². The average molecular weight is 549 g/mol. The third kappa shape index (κ3) is 4.51. The molecule has 6 aliphatic rings. The molecule has 1 aromatic rings. The minimum Gasteiger partial charge on any atom is -0.460 e. The highest BCUT2D eigenvalue weighted by Gasteiger charge is 2.69. The second-order valence-electron chi connectivity index (χ2n) is 15.7. The SMILES string of the molecule is CC1CCCC2(C)C1CCC1(C)C2CCC2C3CCCC3(C(=O)OCc3ccccc3)CC[C@]21C.CCC1CO1. The van der Waals surface area contributed by atoms with Crippen molar-refractivity contribution in [1.82, 2.24) is 0 Å². The van der Waals surface area contributed by atoms with Gasteiger partial charge in [-0.15, -0.1) is 0 Å². The van der Waals surface area contributed by atoms with Crippen LogP contribution < -0.4 is 0 Å². The van der Waals surface area contributed by atoms with Crippen LogP contribution in [0.4, 0.5) is 0 Å². The van der Waals surface area contributed by atoms with E-state index in [9.17, 15) is 4.79 Å². The second kappa shape index (κ2) is 10.7. The molecule has 0 N–H and O–H groups in total. The van der Waals surface area contributed by atoms with E-state index in [1.807, 2.05) is 18.2 Å². The van der Waals surface area contributed by atoms with Crippen molar-refractivity contribution in [2.24, 2.45) is 51.2 Å². The summed E-state index contributed by atoms with van der Waals surface area (Å²) in [7, 11) is 0. The molecule has 0 spiro atoms. The molecule has 10 atom stereocenters. The molecule has 5 aliphatic carbocycles. The Hall–Kier alpha value is -1.35. The summed E-state index contributed by atoms with van der Waals surface area (Å²) in [5.41, 5.74) is 2.19. The summed E-state index contributed by atoms with van der Waals surface area (Å²) in [6.45, 7) is 14.2. The smallest absolute Gasteiger partial charge is 0.312 e. The van der Waals surface area contributed by atoms with Crippen LogP contribution in [-0.4, -0.2) is 18.7 Å². The zero-order valence-electron chi connectivity index (χ0n) is 26.2. The maximum absolute atomic E-state index is 13.8. The highest BCUT2D eigenvalue weighted by atomic mass is 16.6. The monoisotopic (exact) mass is 548 g/mol. The van der Waals surface area contributed by atoms with Gasteiger partial charge in [-0.25, -0.2) is 0 Å². The number of epoxide rings is 1. The Bertz CT molecular complexity index is 1050. The molecule has 1 aromatic carbocycles. The van der Waals surface area contributed by atoms with E-state index in [0.29, 0.717) is 40.8 Å². The fourth-order valence-corrected chi connectivity index (χ4v) is 11.8. The molecule has 0 bridgehead atoms. The molecule has 1 saturated heterocycles. The number of carbonyl (C=O) groups excluding carboxylic acids is 1. The first-order chi connectivity index (χ1) is 19.2. The Labute approximate surface area is 244 Å². The number of fused-ring (bicyclic) bond motifs is 7. The first kappa shape index (κ1) is 28.8. The molecule has 40 heavy (non-hydrogen) atoms. The molecule has 1 heterocycles. The van der Waals surface area contributed by atoms with Gasteiger partial charge in [0.1, 0.15) is 6.61 Å². The summed E-state index contributed by atoms with van der Waals surface area (Å²) in [5.74, 6) is 4.02. The summed E-state index contributed by atoms with van der Waals surface area (Å²) >= 11 is 0. The molecule has 5 saturated carbocycles. The Kier molecular flexibility index (Phi) is 7.71. The van der Waals surface area contributed by atoms with E-state index in [-0.39, 0.29) is 11.4 Å². The van der Waals surface area contributed by atoms with Crippen molar-refractivity contribution in [3.8, 4) is 0 Å². The van der Waals surface area contributed by atoms with Gasteiger partial charge in [0.15, 0.2) is 0 Å². The molecule has 3 heteroatoms. The minimum absolute atomic E-state index is 0.120. The fraction of sp³-hybridized carbons (Fsp3) is 0.811. The molecule has 6 fully saturated rings. The normalized spacial score (nSPS) is 46.9. The first-order valence-electron chi connectivity index (χ1n) is 17.0. The lowest BCUT2D eigenvalue weighted by molar-refractivity contribution is -0.229. The van der Waals surface area contributed by atoms with E-state index in [4.69, 9.17) is 9.47 Å². The van der Waals surface area contributed by atoms with E-state index in [2.05, 4.69) is 46.8 Å². The van der Waals surface area contributed by atoms with Crippen LogP contribution in [0.5, 0.6) is 0 Å². The number of esters is 1. The third-order valence-corrected chi connectivity index (χ3v) is 14.2. The van der Waals surface area contributed by atoms with Crippen LogP contribution in [0.15, 0.2) is 30.3 Å². The van der Waals surface area contributed by atoms with Crippen LogP contribution in [0, 0.1) is 51.2 Å². The van der Waals surface area contributed by atoms with E-state index in [1.165, 1.54) is 70.6 Å². The molecule has 0 radical (unpaired) electrons. The number of carbonyl (C=O) groups is 1. The van der Waals surface area contributed by atoms with Gasteiger partial charge < -0.3 is 9.47 Å². The third-order valence-electron chi connectivity index (χ3n) is 14.2. The molecule has 222 valence electrons. The first-order valence-corrected chi connectivity index (χ1v) is 17.0. The largest absolute Gasteiger partial charge is 0.460 e. The van der Waals surface area contributed by atoms with Crippen molar-refractivity contribution < 1.29 is 14.3 Å². The summed E-state index contributed by atoms with van der Waals surface area (Å²) in [6.07, 6.45) is 17.5. The van der Waals surface area contributed by atoms with Gasteiger partial charge in [-0.05, 0) is 116 Å². The van der Waals surface area contributed by atoms with E-state index < -0.39 is 0 Å². The zero-order chi connectivity index (χ0) is 28.2. The van der Waals surface area contributed by atoms with Crippen LogP contribution in [-0.2, 0) is 20.9 Å². The lowest BCUT2D eigenvalue weighted by atomic mass is 9.33. The lowest BCUT2D eigenvalue weighted by Gasteiger charge is -2.71. The van der Waals surface area contributed by atoms with E-state index in [0.717, 1.165) is 42.8 Å². The summed E-state index contributed by atoms with van der Waals surface area (Å²) < 4.78 is 10.9. The number of rotatable bonds is 4. The number of hydrogen-bond donors (Lipinski definition) is 0. The van der Waals surface area contributed by atoms with E-state index >= 15 is 0 Å². The van der Waals surface area contributed by atoms with Crippen LogP contribution in [0.25, 0.3) is 0 Å². The van der Waals surface area contributed by atoms with Gasteiger partial charge in [0, 0.05) is 0 Å². The molecule has 1 aliphatic heterocycles. The molecule has 3 nitrogen and oxygen atoms in total. The standard InChI is InChI=1S/C33H48O2.C4H8O/c1-23-10-8-17-30(2)25(23)16-19-32(4)28(30)15-14-26-27-13-9-18-33(27,21-20-31(26,32)3)29(34)35-22-24-11-6-5-7-12-24;1-2-4-3-5-4/h5-7,11-12,23,25-28H,8-10,13-22H2,1-4H3;4H,2-3H2,1H3/t23?,25?,26?,27?,28?,30?,31-,32?,33?;/m1./s1. The zero-order valence-corrected chi connectivity index (χ0v) is 26.2. The van der Waals surface area contributed by atoms with Crippen LogP contribution in [0.1, 0.15) is 124 Å². The van der Waals surface area contributed by atoms with Crippen LogP contribution in [0.2, 0.25) is 0 Å².